The van der Waals surface area contributed by atoms with Gasteiger partial charge in [0.1, 0.15) is 6.61 Å². The van der Waals surface area contributed by atoms with E-state index >= 15 is 0 Å². The van der Waals surface area contributed by atoms with Gasteiger partial charge in [-0.1, -0.05) is 6.58 Å². The SMILES string of the molecule is C=CC(=O)OCC(=O)OCC(C)=O. The van der Waals surface area contributed by atoms with Crippen molar-refractivity contribution in [1.29, 1.82) is 0 Å². The fourth-order valence-corrected chi connectivity index (χ4v) is 0.413. The summed E-state index contributed by atoms with van der Waals surface area (Å²) >= 11 is 0. The Morgan fingerprint density at radius 1 is 1.23 bits per heavy atom. The van der Waals surface area contributed by atoms with Gasteiger partial charge in [0.25, 0.3) is 0 Å². The number of carbonyl (C=O) groups is 3. The van der Waals surface area contributed by atoms with E-state index in [1.807, 2.05) is 0 Å². The van der Waals surface area contributed by atoms with E-state index in [0.29, 0.717) is 0 Å². The molecule has 0 N–H and O–H groups in total. The lowest BCUT2D eigenvalue weighted by Gasteiger charge is -2.01. The lowest BCUT2D eigenvalue weighted by atomic mass is 10.5. The molecule has 5 heteroatoms. The molecule has 0 rings (SSSR count). The van der Waals surface area contributed by atoms with Crippen molar-refractivity contribution in [3.8, 4) is 0 Å². The molecule has 0 aliphatic carbocycles. The lowest BCUT2D eigenvalue weighted by Crippen LogP contribution is -2.18. The zero-order valence-corrected chi connectivity index (χ0v) is 7.24. The van der Waals surface area contributed by atoms with Gasteiger partial charge in [-0.25, -0.2) is 9.59 Å². The highest BCUT2D eigenvalue weighted by Crippen LogP contribution is 1.84. The van der Waals surface area contributed by atoms with Crippen molar-refractivity contribution in [2.24, 2.45) is 0 Å². The zero-order chi connectivity index (χ0) is 10.3. The first-order chi connectivity index (χ1) is 6.06. The Morgan fingerprint density at radius 2 is 1.85 bits per heavy atom. The number of Topliss-reactive ketones (excluding diaryl/α,β-unsaturated/α-hetero) is 1. The zero-order valence-electron chi connectivity index (χ0n) is 7.24. The molecule has 0 aromatic carbocycles. The maximum atomic E-state index is 10.7. The van der Waals surface area contributed by atoms with E-state index in [2.05, 4.69) is 16.1 Å². The van der Waals surface area contributed by atoms with E-state index in [-0.39, 0.29) is 12.4 Å². The molecule has 0 aliphatic heterocycles. The summed E-state index contributed by atoms with van der Waals surface area (Å²) in [7, 11) is 0. The molecule has 13 heavy (non-hydrogen) atoms. The second-order valence-corrected chi connectivity index (χ2v) is 2.17. The molecule has 0 aromatic rings. The summed E-state index contributed by atoms with van der Waals surface area (Å²) in [4.78, 5) is 31.5. The second-order valence-electron chi connectivity index (χ2n) is 2.17. The first-order valence-electron chi connectivity index (χ1n) is 3.50. The Bertz CT molecular complexity index is 231. The monoisotopic (exact) mass is 186 g/mol. The molecule has 0 amide bonds. The first kappa shape index (κ1) is 11.4. The number of esters is 2. The standard InChI is InChI=1S/C8H10O5/c1-3-7(10)13-5-8(11)12-4-6(2)9/h3H,1,4-5H2,2H3. The number of ketones is 1. The summed E-state index contributed by atoms with van der Waals surface area (Å²) in [5.74, 6) is -1.74. The molecular weight excluding hydrogens is 176 g/mol. The van der Waals surface area contributed by atoms with Crippen molar-refractivity contribution in [1.82, 2.24) is 0 Å². The van der Waals surface area contributed by atoms with Gasteiger partial charge in [0.15, 0.2) is 12.4 Å². The van der Waals surface area contributed by atoms with Crippen LogP contribution in [0.15, 0.2) is 12.7 Å². The summed E-state index contributed by atoms with van der Waals surface area (Å²) in [6.07, 6.45) is 0.929. The molecule has 0 heterocycles. The highest BCUT2D eigenvalue weighted by Gasteiger charge is 2.06. The molecule has 0 bridgehead atoms. The maximum absolute atomic E-state index is 10.7. The normalized spacial score (nSPS) is 8.69. The van der Waals surface area contributed by atoms with Gasteiger partial charge in [-0.15, -0.1) is 0 Å². The summed E-state index contributed by atoms with van der Waals surface area (Å²) in [5, 5.41) is 0. The first-order valence-corrected chi connectivity index (χ1v) is 3.50. The molecule has 0 saturated carbocycles. The van der Waals surface area contributed by atoms with Crippen molar-refractivity contribution < 1.29 is 23.9 Å². The summed E-state index contributed by atoms with van der Waals surface area (Å²) in [6.45, 7) is 3.61. The predicted octanol–water partition coefficient (Wildman–Crippen LogP) is -0.152. The van der Waals surface area contributed by atoms with Gasteiger partial charge in [0.2, 0.25) is 0 Å². The molecule has 0 aromatic heterocycles. The van der Waals surface area contributed by atoms with Crippen molar-refractivity contribution in [3.05, 3.63) is 12.7 Å². The van der Waals surface area contributed by atoms with Gasteiger partial charge in [0, 0.05) is 6.08 Å². The molecule has 0 fully saturated rings. The van der Waals surface area contributed by atoms with Crippen molar-refractivity contribution in [3.63, 3.8) is 0 Å². The minimum Gasteiger partial charge on any atom is -0.455 e. The van der Waals surface area contributed by atoms with Crippen molar-refractivity contribution in [2.75, 3.05) is 13.2 Å². The average molecular weight is 186 g/mol. The van der Waals surface area contributed by atoms with Gasteiger partial charge in [0.05, 0.1) is 0 Å². The third-order valence-corrected chi connectivity index (χ3v) is 0.935. The summed E-state index contributed by atoms with van der Waals surface area (Å²) in [5.41, 5.74) is 0. The highest BCUT2D eigenvalue weighted by molar-refractivity contribution is 5.84. The fourth-order valence-electron chi connectivity index (χ4n) is 0.413. The Hall–Kier alpha value is -1.65. The molecule has 0 aliphatic rings. The second kappa shape index (κ2) is 5.93. The minimum absolute atomic E-state index is 0.275. The smallest absolute Gasteiger partial charge is 0.344 e. The molecule has 0 radical (unpaired) electrons. The van der Waals surface area contributed by atoms with E-state index in [4.69, 9.17) is 0 Å². The van der Waals surface area contributed by atoms with Crippen molar-refractivity contribution >= 4 is 17.7 Å². The topological polar surface area (TPSA) is 69.7 Å². The van der Waals surface area contributed by atoms with Crippen LogP contribution in [0.2, 0.25) is 0 Å². The van der Waals surface area contributed by atoms with Crippen LogP contribution in [0.1, 0.15) is 6.92 Å². The number of carbonyl (C=O) groups excluding carboxylic acids is 3. The number of ether oxygens (including phenoxy) is 2. The molecule has 0 atom stereocenters. The molecule has 0 saturated heterocycles. The highest BCUT2D eigenvalue weighted by atomic mass is 16.6. The number of hydrogen-bond acceptors (Lipinski definition) is 5. The van der Waals surface area contributed by atoms with Crippen LogP contribution in [0.5, 0.6) is 0 Å². The average Bonchev–Trinajstić information content (AvgIpc) is 2.10. The maximum Gasteiger partial charge on any atom is 0.344 e. The molecule has 5 nitrogen and oxygen atoms in total. The Balaban J connectivity index is 3.57. The van der Waals surface area contributed by atoms with Gasteiger partial charge in [-0.2, -0.15) is 0 Å². The fraction of sp³-hybridized carbons (Fsp3) is 0.375. The predicted molar refractivity (Wildman–Crippen MR) is 42.8 cm³/mol. The van der Waals surface area contributed by atoms with Crippen LogP contribution in [0.25, 0.3) is 0 Å². The largest absolute Gasteiger partial charge is 0.455 e. The molecule has 72 valence electrons. The van der Waals surface area contributed by atoms with E-state index < -0.39 is 18.5 Å². The van der Waals surface area contributed by atoms with Gasteiger partial charge in [-0.05, 0) is 6.92 Å². The van der Waals surface area contributed by atoms with E-state index in [0.717, 1.165) is 6.08 Å². The third kappa shape index (κ3) is 6.74. The Kier molecular flexibility index (Phi) is 5.18. The Labute approximate surface area is 75.3 Å². The van der Waals surface area contributed by atoms with Crippen LogP contribution in [0.3, 0.4) is 0 Å². The molecule has 0 spiro atoms. The van der Waals surface area contributed by atoms with Crippen LogP contribution in [-0.4, -0.2) is 30.9 Å². The number of rotatable bonds is 5. The van der Waals surface area contributed by atoms with Gasteiger partial charge >= 0.3 is 11.9 Å². The van der Waals surface area contributed by atoms with Crippen LogP contribution in [0.4, 0.5) is 0 Å². The summed E-state index contributed by atoms with van der Waals surface area (Å²) in [6, 6.07) is 0. The third-order valence-electron chi connectivity index (χ3n) is 0.935. The van der Waals surface area contributed by atoms with Crippen molar-refractivity contribution in [2.45, 2.75) is 6.92 Å². The van der Waals surface area contributed by atoms with Crippen LogP contribution in [-0.2, 0) is 23.9 Å². The van der Waals surface area contributed by atoms with Gasteiger partial charge < -0.3 is 9.47 Å². The quantitative estimate of drug-likeness (QED) is 0.441. The minimum atomic E-state index is -0.759. The van der Waals surface area contributed by atoms with E-state index in [9.17, 15) is 14.4 Å². The lowest BCUT2D eigenvalue weighted by molar-refractivity contribution is -0.157. The molecule has 0 unspecified atom stereocenters. The summed E-state index contributed by atoms with van der Waals surface area (Å²) < 4.78 is 8.74. The van der Waals surface area contributed by atoms with Crippen LogP contribution < -0.4 is 0 Å². The van der Waals surface area contributed by atoms with E-state index in [1.54, 1.807) is 0 Å². The number of hydrogen-bond donors (Lipinski definition) is 0. The van der Waals surface area contributed by atoms with Crippen LogP contribution in [0, 0.1) is 0 Å². The van der Waals surface area contributed by atoms with Crippen LogP contribution >= 0.6 is 0 Å². The van der Waals surface area contributed by atoms with E-state index in [1.165, 1.54) is 6.92 Å². The molecular formula is C8H10O5. The Morgan fingerprint density at radius 3 is 2.31 bits per heavy atom. The van der Waals surface area contributed by atoms with Gasteiger partial charge in [-0.3, -0.25) is 4.79 Å².